The van der Waals surface area contributed by atoms with Crippen molar-refractivity contribution in [3.05, 3.63) is 53.6 Å². The van der Waals surface area contributed by atoms with E-state index in [0.717, 1.165) is 11.3 Å². The second-order valence-corrected chi connectivity index (χ2v) is 4.98. The maximum absolute atomic E-state index is 9.99. The number of para-hydroxylation sites is 1. The minimum Gasteiger partial charge on any atom is -0.504 e. The van der Waals surface area contributed by atoms with Crippen molar-refractivity contribution in [1.29, 1.82) is 0 Å². The van der Waals surface area contributed by atoms with Crippen LogP contribution in [0.3, 0.4) is 0 Å². The van der Waals surface area contributed by atoms with Gasteiger partial charge in [0.1, 0.15) is 0 Å². The van der Waals surface area contributed by atoms with Gasteiger partial charge in [-0.15, -0.1) is 24.0 Å². The third-order valence-electron chi connectivity index (χ3n) is 3.29. The lowest BCUT2D eigenvalue weighted by Crippen LogP contribution is -2.23. The van der Waals surface area contributed by atoms with Gasteiger partial charge in [0.25, 0.3) is 0 Å². The highest BCUT2D eigenvalue weighted by atomic mass is 127. The average molecular weight is 427 g/mol. The number of nitrogens with zero attached hydrogens (tertiary/aromatic N) is 1. The Kier molecular flexibility index (Phi) is 7.67. The standard InChI is InChI=1S/C17H21N3O2.HI/c1-12-6-8-14(9-7-12)20-17(18)19-11-10-13-4-3-5-15(22-2)16(13)21;/h3-9,21H,10-11H2,1-2H3,(H3,18,19,20);1H. The molecule has 0 heterocycles. The molecule has 124 valence electrons. The van der Waals surface area contributed by atoms with Gasteiger partial charge in [0.05, 0.1) is 7.11 Å². The highest BCUT2D eigenvalue weighted by Crippen LogP contribution is 2.29. The molecule has 5 nitrogen and oxygen atoms in total. The van der Waals surface area contributed by atoms with Gasteiger partial charge in [-0.1, -0.05) is 29.8 Å². The van der Waals surface area contributed by atoms with Crippen molar-refractivity contribution < 1.29 is 9.84 Å². The number of guanidine groups is 1. The van der Waals surface area contributed by atoms with Gasteiger partial charge < -0.3 is 20.9 Å². The molecule has 6 heteroatoms. The molecule has 0 saturated carbocycles. The summed E-state index contributed by atoms with van der Waals surface area (Å²) >= 11 is 0. The van der Waals surface area contributed by atoms with E-state index in [0.29, 0.717) is 24.7 Å². The van der Waals surface area contributed by atoms with Crippen molar-refractivity contribution in [3.63, 3.8) is 0 Å². The highest BCUT2D eigenvalue weighted by molar-refractivity contribution is 14.0. The van der Waals surface area contributed by atoms with Crippen LogP contribution in [0.4, 0.5) is 5.69 Å². The maximum Gasteiger partial charge on any atom is 0.193 e. The third kappa shape index (κ3) is 5.63. The van der Waals surface area contributed by atoms with Crippen molar-refractivity contribution in [1.82, 2.24) is 0 Å². The van der Waals surface area contributed by atoms with E-state index in [9.17, 15) is 5.11 Å². The number of hydrogen-bond acceptors (Lipinski definition) is 3. The zero-order valence-electron chi connectivity index (χ0n) is 13.2. The fourth-order valence-corrected chi connectivity index (χ4v) is 2.06. The smallest absolute Gasteiger partial charge is 0.193 e. The number of aromatic hydroxyl groups is 1. The number of nitrogens with two attached hydrogens (primary N) is 1. The largest absolute Gasteiger partial charge is 0.504 e. The van der Waals surface area contributed by atoms with Crippen molar-refractivity contribution >= 4 is 35.6 Å². The summed E-state index contributed by atoms with van der Waals surface area (Å²) in [5.41, 5.74) is 8.73. The van der Waals surface area contributed by atoms with Gasteiger partial charge in [0, 0.05) is 12.2 Å². The van der Waals surface area contributed by atoms with Crippen LogP contribution < -0.4 is 15.8 Å². The number of anilines is 1. The molecule has 4 N–H and O–H groups in total. The van der Waals surface area contributed by atoms with E-state index in [2.05, 4.69) is 10.3 Å². The number of benzene rings is 2. The van der Waals surface area contributed by atoms with E-state index in [1.165, 1.54) is 12.7 Å². The number of nitrogens with one attached hydrogen (secondary N) is 1. The minimum atomic E-state index is 0. The maximum atomic E-state index is 9.99. The summed E-state index contributed by atoms with van der Waals surface area (Å²) in [6.07, 6.45) is 0.583. The Hall–Kier alpha value is -1.96. The Morgan fingerprint density at radius 1 is 1.22 bits per heavy atom. The SMILES string of the molecule is COc1cccc(CCN=C(N)Nc2ccc(C)cc2)c1O.I. The second-order valence-electron chi connectivity index (χ2n) is 4.98. The molecule has 0 saturated heterocycles. The van der Waals surface area contributed by atoms with Gasteiger partial charge in [0.2, 0.25) is 0 Å². The van der Waals surface area contributed by atoms with Gasteiger partial charge >= 0.3 is 0 Å². The van der Waals surface area contributed by atoms with Crippen LogP contribution in [0.15, 0.2) is 47.5 Å². The predicted octanol–water partition coefficient (Wildman–Crippen LogP) is 3.30. The van der Waals surface area contributed by atoms with E-state index in [4.69, 9.17) is 10.5 Å². The molecule has 0 bridgehead atoms. The summed E-state index contributed by atoms with van der Waals surface area (Å²) in [4.78, 5) is 4.27. The molecule has 0 aliphatic heterocycles. The Morgan fingerprint density at radius 3 is 2.57 bits per heavy atom. The molecule has 0 aromatic heterocycles. The van der Waals surface area contributed by atoms with Crippen LogP contribution in [0.5, 0.6) is 11.5 Å². The summed E-state index contributed by atoms with van der Waals surface area (Å²) in [5.74, 6) is 0.976. The first-order valence-corrected chi connectivity index (χ1v) is 7.08. The van der Waals surface area contributed by atoms with Crippen molar-refractivity contribution in [2.24, 2.45) is 10.7 Å². The predicted molar refractivity (Wildman–Crippen MR) is 105 cm³/mol. The van der Waals surface area contributed by atoms with Crippen LogP contribution in [-0.4, -0.2) is 24.7 Å². The topological polar surface area (TPSA) is 79.9 Å². The molecule has 0 atom stereocenters. The molecule has 0 unspecified atom stereocenters. The summed E-state index contributed by atoms with van der Waals surface area (Å²) < 4.78 is 5.08. The van der Waals surface area contributed by atoms with Crippen molar-refractivity contribution in [2.75, 3.05) is 19.0 Å². The van der Waals surface area contributed by atoms with Crippen molar-refractivity contribution in [2.45, 2.75) is 13.3 Å². The van der Waals surface area contributed by atoms with Gasteiger partial charge in [-0.3, -0.25) is 4.99 Å². The fourth-order valence-electron chi connectivity index (χ4n) is 2.06. The van der Waals surface area contributed by atoms with Crippen LogP contribution in [0, 0.1) is 6.92 Å². The van der Waals surface area contributed by atoms with Crippen LogP contribution >= 0.6 is 24.0 Å². The van der Waals surface area contributed by atoms with E-state index in [1.54, 1.807) is 6.07 Å². The number of phenolic OH excluding ortho intramolecular Hbond substituents is 1. The minimum absolute atomic E-state index is 0. The first-order chi connectivity index (χ1) is 10.6. The molecule has 0 aliphatic carbocycles. The van der Waals surface area contributed by atoms with Crippen molar-refractivity contribution in [3.8, 4) is 11.5 Å². The molecular formula is C17H22IN3O2. The number of rotatable bonds is 5. The molecule has 0 amide bonds. The molecule has 2 rings (SSSR count). The number of halogens is 1. The lowest BCUT2D eigenvalue weighted by Gasteiger charge is -2.08. The van der Waals surface area contributed by atoms with Crippen LogP contribution in [0.25, 0.3) is 0 Å². The van der Waals surface area contributed by atoms with Gasteiger partial charge in [-0.05, 0) is 37.1 Å². The lowest BCUT2D eigenvalue weighted by molar-refractivity contribution is 0.370. The van der Waals surface area contributed by atoms with Gasteiger partial charge in [-0.2, -0.15) is 0 Å². The van der Waals surface area contributed by atoms with Crippen LogP contribution in [0.2, 0.25) is 0 Å². The van der Waals surface area contributed by atoms with Gasteiger partial charge in [0.15, 0.2) is 17.5 Å². The monoisotopic (exact) mass is 427 g/mol. The first-order valence-electron chi connectivity index (χ1n) is 7.08. The van der Waals surface area contributed by atoms with Gasteiger partial charge in [-0.25, -0.2) is 0 Å². The Morgan fingerprint density at radius 2 is 1.91 bits per heavy atom. The van der Waals surface area contributed by atoms with E-state index >= 15 is 0 Å². The van der Waals surface area contributed by atoms with Crippen LogP contribution in [0.1, 0.15) is 11.1 Å². The summed E-state index contributed by atoms with van der Waals surface area (Å²) in [6, 6.07) is 13.3. The van der Waals surface area contributed by atoms with E-state index in [1.807, 2.05) is 43.3 Å². The molecule has 0 aliphatic rings. The summed E-state index contributed by atoms with van der Waals surface area (Å²) in [7, 11) is 1.53. The number of methoxy groups -OCH3 is 1. The molecule has 0 radical (unpaired) electrons. The number of aryl methyl sites for hydroxylation is 1. The summed E-state index contributed by atoms with van der Waals surface area (Å²) in [5, 5.41) is 13.0. The molecule has 2 aromatic carbocycles. The molecular weight excluding hydrogens is 405 g/mol. The first kappa shape index (κ1) is 19.1. The Labute approximate surface area is 153 Å². The zero-order valence-corrected chi connectivity index (χ0v) is 15.6. The average Bonchev–Trinajstić information content (AvgIpc) is 2.51. The highest BCUT2D eigenvalue weighted by Gasteiger charge is 2.06. The normalized spacial score (nSPS) is 10.8. The fraction of sp³-hybridized carbons (Fsp3) is 0.235. The Bertz CT molecular complexity index is 657. The molecule has 23 heavy (non-hydrogen) atoms. The quantitative estimate of drug-likeness (QED) is 0.389. The second kappa shape index (κ2) is 9.24. The Balaban J connectivity index is 0.00000264. The number of aliphatic imine (C=N–C) groups is 1. The molecule has 0 fully saturated rings. The van der Waals surface area contributed by atoms with Crippen LogP contribution in [-0.2, 0) is 6.42 Å². The number of hydrogen-bond donors (Lipinski definition) is 3. The molecule has 2 aromatic rings. The molecule has 0 spiro atoms. The number of ether oxygens (including phenoxy) is 1. The summed E-state index contributed by atoms with van der Waals surface area (Å²) in [6.45, 7) is 2.51. The van der Waals surface area contributed by atoms with E-state index in [-0.39, 0.29) is 29.7 Å². The zero-order chi connectivity index (χ0) is 15.9. The third-order valence-corrected chi connectivity index (χ3v) is 3.29. The van der Waals surface area contributed by atoms with E-state index < -0.39 is 0 Å². The number of phenols is 1. The lowest BCUT2D eigenvalue weighted by atomic mass is 10.1.